The molecule has 0 saturated carbocycles. The fourth-order valence-corrected chi connectivity index (χ4v) is 3.97. The van der Waals surface area contributed by atoms with E-state index in [1.807, 2.05) is 11.3 Å². The van der Waals surface area contributed by atoms with Crippen molar-refractivity contribution in [3.63, 3.8) is 0 Å². The summed E-state index contributed by atoms with van der Waals surface area (Å²) in [6.45, 7) is 0. The largest absolute Gasteiger partial charge is 0.144 e. The van der Waals surface area contributed by atoms with Crippen molar-refractivity contribution in [2.24, 2.45) is 0 Å². The van der Waals surface area contributed by atoms with Crippen LogP contribution in [0.15, 0.2) is 41.3 Å². The van der Waals surface area contributed by atoms with E-state index in [1.54, 1.807) is 0 Å². The maximum atomic E-state index is 6.30. The monoisotopic (exact) mass is 276 g/mol. The first kappa shape index (κ1) is 12.3. The summed E-state index contributed by atoms with van der Waals surface area (Å²) in [5.74, 6) is 0. The maximum Gasteiger partial charge on any atom is 0.0518 e. The van der Waals surface area contributed by atoms with Gasteiger partial charge in [-0.2, -0.15) is 0 Å². The highest BCUT2D eigenvalue weighted by molar-refractivity contribution is 7.17. The van der Waals surface area contributed by atoms with E-state index in [0.29, 0.717) is 0 Å². The van der Waals surface area contributed by atoms with E-state index >= 15 is 0 Å². The number of rotatable bonds is 2. The van der Waals surface area contributed by atoms with Crippen LogP contribution in [0.1, 0.15) is 31.2 Å². The highest BCUT2D eigenvalue weighted by atomic mass is 35.5. The first-order chi connectivity index (χ1) is 8.83. The summed E-state index contributed by atoms with van der Waals surface area (Å²) < 4.78 is 1.39. The zero-order valence-corrected chi connectivity index (χ0v) is 11.9. The van der Waals surface area contributed by atoms with E-state index in [2.05, 4.69) is 35.7 Å². The van der Waals surface area contributed by atoms with Gasteiger partial charge in [0, 0.05) is 4.70 Å². The van der Waals surface area contributed by atoms with Crippen LogP contribution in [0.3, 0.4) is 0 Å². The van der Waals surface area contributed by atoms with Crippen molar-refractivity contribution in [2.75, 3.05) is 0 Å². The zero-order chi connectivity index (χ0) is 12.4. The number of halogens is 1. The summed E-state index contributed by atoms with van der Waals surface area (Å²) in [6.07, 6.45) is 8.27. The smallest absolute Gasteiger partial charge is 0.0518 e. The van der Waals surface area contributed by atoms with E-state index in [4.69, 9.17) is 11.6 Å². The van der Waals surface area contributed by atoms with Gasteiger partial charge < -0.3 is 0 Å². The molecule has 1 aromatic heterocycles. The van der Waals surface area contributed by atoms with Gasteiger partial charge in [-0.1, -0.05) is 36.3 Å². The van der Waals surface area contributed by atoms with Crippen molar-refractivity contribution in [2.45, 2.75) is 37.5 Å². The third-order valence-electron chi connectivity index (χ3n) is 3.62. The Labute approximate surface area is 117 Å². The van der Waals surface area contributed by atoms with Crippen LogP contribution in [0.5, 0.6) is 0 Å². The third-order valence-corrected chi connectivity index (χ3v) is 4.98. The Morgan fingerprint density at radius 3 is 3.06 bits per heavy atom. The fourth-order valence-electron chi connectivity index (χ4n) is 2.68. The van der Waals surface area contributed by atoms with Crippen LogP contribution in [0, 0.1) is 0 Å². The van der Waals surface area contributed by atoms with Gasteiger partial charge in [0.05, 0.1) is 5.38 Å². The summed E-state index contributed by atoms with van der Waals surface area (Å²) in [5, 5.41) is 3.96. The molecule has 1 heterocycles. The summed E-state index contributed by atoms with van der Waals surface area (Å²) >= 11 is 8.15. The van der Waals surface area contributed by atoms with Gasteiger partial charge in [0.15, 0.2) is 0 Å². The van der Waals surface area contributed by atoms with Crippen molar-refractivity contribution >= 4 is 33.0 Å². The molecule has 0 amide bonds. The molecule has 3 rings (SSSR count). The molecule has 2 aromatic rings. The number of benzene rings is 1. The molecule has 1 aliphatic rings. The van der Waals surface area contributed by atoms with Crippen LogP contribution in [0.4, 0.5) is 0 Å². The minimum absolute atomic E-state index is 0.243. The number of hydrogen-bond acceptors (Lipinski definition) is 1. The Balaban J connectivity index is 1.87. The van der Waals surface area contributed by atoms with Gasteiger partial charge in [0.2, 0.25) is 0 Å². The van der Waals surface area contributed by atoms with Gasteiger partial charge in [-0.25, -0.2) is 0 Å². The van der Waals surface area contributed by atoms with Gasteiger partial charge >= 0.3 is 0 Å². The van der Waals surface area contributed by atoms with Crippen molar-refractivity contribution in [3.05, 3.63) is 46.9 Å². The molecule has 1 atom stereocenters. The van der Waals surface area contributed by atoms with Crippen LogP contribution in [-0.2, 0) is 6.42 Å². The second kappa shape index (κ2) is 5.46. The summed E-state index contributed by atoms with van der Waals surface area (Å²) in [4.78, 5) is 0. The second-order valence-corrected chi connectivity index (χ2v) is 6.49. The molecule has 0 N–H and O–H groups in total. The van der Waals surface area contributed by atoms with E-state index in [0.717, 1.165) is 12.8 Å². The van der Waals surface area contributed by atoms with Gasteiger partial charge in [-0.3, -0.25) is 0 Å². The molecule has 94 valence electrons. The third kappa shape index (κ3) is 2.62. The summed E-state index contributed by atoms with van der Waals surface area (Å²) in [7, 11) is 0. The van der Waals surface area contributed by atoms with Gasteiger partial charge in [-0.15, -0.1) is 22.9 Å². The SMILES string of the molecule is ClC1C=C(Cc2csc3ccccc23)CCCC1. The number of alkyl halides is 1. The molecule has 0 fully saturated rings. The maximum absolute atomic E-state index is 6.30. The Morgan fingerprint density at radius 1 is 1.22 bits per heavy atom. The number of allylic oxidation sites excluding steroid dienone is 2. The Morgan fingerprint density at radius 2 is 2.11 bits per heavy atom. The van der Waals surface area contributed by atoms with Gasteiger partial charge in [-0.05, 0) is 48.1 Å². The molecule has 0 bridgehead atoms. The van der Waals surface area contributed by atoms with Crippen molar-refractivity contribution in [1.29, 1.82) is 0 Å². The number of thiophene rings is 1. The number of fused-ring (bicyclic) bond motifs is 1. The predicted molar refractivity (Wildman–Crippen MR) is 81.7 cm³/mol. The highest BCUT2D eigenvalue weighted by Crippen LogP contribution is 2.30. The average molecular weight is 277 g/mol. The van der Waals surface area contributed by atoms with Crippen molar-refractivity contribution < 1.29 is 0 Å². The minimum Gasteiger partial charge on any atom is -0.144 e. The quantitative estimate of drug-likeness (QED) is 0.498. The van der Waals surface area contributed by atoms with Gasteiger partial charge in [0.25, 0.3) is 0 Å². The van der Waals surface area contributed by atoms with Crippen LogP contribution >= 0.6 is 22.9 Å². The molecule has 1 aromatic carbocycles. The van der Waals surface area contributed by atoms with Crippen LogP contribution in [0.25, 0.3) is 10.1 Å². The van der Waals surface area contributed by atoms with Gasteiger partial charge in [0.1, 0.15) is 0 Å². The Bertz CT molecular complexity index is 567. The van der Waals surface area contributed by atoms with E-state index in [1.165, 1.54) is 40.5 Å². The molecule has 0 spiro atoms. The topological polar surface area (TPSA) is 0 Å². The lowest BCUT2D eigenvalue weighted by molar-refractivity contribution is 0.710. The lowest BCUT2D eigenvalue weighted by Crippen LogP contribution is -1.94. The van der Waals surface area contributed by atoms with E-state index in [9.17, 15) is 0 Å². The average Bonchev–Trinajstić information content (AvgIpc) is 2.66. The van der Waals surface area contributed by atoms with Crippen molar-refractivity contribution in [3.8, 4) is 0 Å². The molecule has 0 nitrogen and oxygen atoms in total. The molecule has 0 radical (unpaired) electrons. The molecule has 0 aliphatic heterocycles. The zero-order valence-electron chi connectivity index (χ0n) is 10.4. The fraction of sp³-hybridized carbons (Fsp3) is 0.375. The molecule has 1 unspecified atom stereocenters. The molecule has 1 aliphatic carbocycles. The second-order valence-electron chi connectivity index (χ2n) is 5.02. The number of hydrogen-bond donors (Lipinski definition) is 0. The van der Waals surface area contributed by atoms with E-state index < -0.39 is 0 Å². The molecule has 18 heavy (non-hydrogen) atoms. The molecular weight excluding hydrogens is 260 g/mol. The lowest BCUT2D eigenvalue weighted by atomic mass is 10.0. The first-order valence-electron chi connectivity index (χ1n) is 6.61. The van der Waals surface area contributed by atoms with Crippen LogP contribution in [-0.4, -0.2) is 5.38 Å². The molecule has 2 heteroatoms. The minimum atomic E-state index is 0.243. The highest BCUT2D eigenvalue weighted by Gasteiger charge is 2.11. The molecular formula is C16H17ClS. The van der Waals surface area contributed by atoms with Crippen LogP contribution < -0.4 is 0 Å². The van der Waals surface area contributed by atoms with Crippen LogP contribution in [0.2, 0.25) is 0 Å². The first-order valence-corrected chi connectivity index (χ1v) is 7.93. The summed E-state index contributed by atoms with van der Waals surface area (Å²) in [5.41, 5.74) is 2.99. The summed E-state index contributed by atoms with van der Waals surface area (Å²) in [6, 6.07) is 8.68. The Kier molecular flexibility index (Phi) is 3.72. The van der Waals surface area contributed by atoms with Crippen molar-refractivity contribution in [1.82, 2.24) is 0 Å². The molecule has 0 saturated heterocycles. The predicted octanol–water partition coefficient (Wildman–Crippen LogP) is 5.55. The normalized spacial score (nSPS) is 20.7. The standard InChI is InChI=1S/C16H17ClS/c17-14-6-2-1-5-12(10-14)9-13-11-18-16-8-4-3-7-15(13)16/h3-4,7-8,10-11,14H,1-2,5-6,9H2. The Hall–Kier alpha value is -0.790. The van der Waals surface area contributed by atoms with E-state index in [-0.39, 0.29) is 5.38 Å². The lowest BCUT2D eigenvalue weighted by Gasteiger charge is -2.05.